The van der Waals surface area contributed by atoms with E-state index in [2.05, 4.69) is 10.3 Å². The Labute approximate surface area is 168 Å². The first-order valence-corrected chi connectivity index (χ1v) is 10.4. The fraction of sp³-hybridized carbons (Fsp3) is 0.435. The second-order valence-corrected chi connectivity index (χ2v) is 8.65. The zero-order valence-electron chi connectivity index (χ0n) is 16.0. The number of hydrogen-bond acceptors (Lipinski definition) is 5. The number of Topliss-reactive ketones (excluding diaryl/α,β-unsaturated/α-hetero) is 1. The molecule has 2 fully saturated rings. The van der Waals surface area contributed by atoms with E-state index in [1.54, 1.807) is 6.20 Å². The lowest BCUT2D eigenvalue weighted by Crippen LogP contribution is -2.20. The quantitative estimate of drug-likeness (QED) is 0.807. The number of amides is 1. The van der Waals surface area contributed by atoms with E-state index in [4.69, 9.17) is 9.47 Å². The summed E-state index contributed by atoms with van der Waals surface area (Å²) in [4.78, 5) is 28.1. The number of ketones is 1. The average molecular weight is 390 g/mol. The normalized spacial score (nSPS) is 25.9. The molecule has 0 saturated heterocycles. The molecule has 6 rings (SSSR count). The van der Waals surface area contributed by atoms with Gasteiger partial charge in [0, 0.05) is 48.4 Å². The van der Waals surface area contributed by atoms with Gasteiger partial charge in [0.1, 0.15) is 35.0 Å². The number of ether oxygens (including phenoxy) is 2. The molecule has 1 amide bonds. The van der Waals surface area contributed by atoms with Crippen LogP contribution in [0, 0.1) is 11.8 Å². The Morgan fingerprint density at radius 1 is 1.21 bits per heavy atom. The van der Waals surface area contributed by atoms with Crippen LogP contribution in [0.25, 0.3) is 0 Å². The van der Waals surface area contributed by atoms with Crippen LogP contribution in [0.2, 0.25) is 0 Å². The maximum atomic E-state index is 12.2. The van der Waals surface area contributed by atoms with E-state index in [0.29, 0.717) is 48.6 Å². The second-order valence-electron chi connectivity index (χ2n) is 8.65. The molecular formula is C23H22N2O4. The van der Waals surface area contributed by atoms with Crippen LogP contribution in [0.5, 0.6) is 17.2 Å². The number of carbonyl (C=O) groups is 2. The highest BCUT2D eigenvalue weighted by atomic mass is 16.5. The second kappa shape index (κ2) is 6.31. The molecule has 148 valence electrons. The zero-order chi connectivity index (χ0) is 19.5. The van der Waals surface area contributed by atoms with Crippen LogP contribution in [-0.2, 0) is 16.0 Å². The topological polar surface area (TPSA) is 77.5 Å². The third-order valence-corrected chi connectivity index (χ3v) is 6.48. The molecular weight excluding hydrogens is 368 g/mol. The van der Waals surface area contributed by atoms with Crippen molar-refractivity contribution in [3.63, 3.8) is 0 Å². The number of anilines is 1. The van der Waals surface area contributed by atoms with E-state index in [1.807, 2.05) is 24.3 Å². The number of nitrogens with zero attached hydrogens (tertiary/aromatic N) is 1. The van der Waals surface area contributed by atoms with Gasteiger partial charge >= 0.3 is 0 Å². The summed E-state index contributed by atoms with van der Waals surface area (Å²) in [6.45, 7) is 0. The van der Waals surface area contributed by atoms with E-state index in [0.717, 1.165) is 34.8 Å². The molecule has 1 N–H and O–H groups in total. The summed E-state index contributed by atoms with van der Waals surface area (Å²) in [6, 6.07) is 7.74. The number of aromatic nitrogens is 1. The molecule has 4 aliphatic rings. The van der Waals surface area contributed by atoms with Gasteiger partial charge < -0.3 is 14.8 Å². The van der Waals surface area contributed by atoms with Crippen LogP contribution in [0.15, 0.2) is 30.5 Å². The molecule has 6 heteroatoms. The van der Waals surface area contributed by atoms with E-state index in [9.17, 15) is 9.59 Å². The van der Waals surface area contributed by atoms with Gasteiger partial charge in [-0.15, -0.1) is 0 Å². The minimum absolute atomic E-state index is 0.0149. The summed E-state index contributed by atoms with van der Waals surface area (Å²) in [5.41, 5.74) is 2.07. The predicted molar refractivity (Wildman–Crippen MR) is 105 cm³/mol. The van der Waals surface area contributed by atoms with Crippen LogP contribution in [0.1, 0.15) is 49.1 Å². The maximum absolute atomic E-state index is 12.2. The number of carbonyl (C=O) groups excluding carboxylic acids is 2. The maximum Gasteiger partial charge on any atom is 0.225 e. The Hall–Kier alpha value is -2.89. The standard InChI is InChI=1S/C23H22N2O4/c26-13(9-12-1-2-12)10-17-21-16-11-14(3-5-18(16)29-22(17)21)28-19-7-8-24-23-15(19)4-6-20(27)25-23/h3,5,7-8,11-12,17,21-22H,1-2,4,6,9-10H2,(H,24,25,27)/t17-,21-,22+/m0/s1. The van der Waals surface area contributed by atoms with Crippen molar-refractivity contribution in [3.8, 4) is 17.2 Å². The van der Waals surface area contributed by atoms with Crippen molar-refractivity contribution in [3.05, 3.63) is 41.6 Å². The lowest BCUT2D eigenvalue weighted by Gasteiger charge is -2.19. The van der Waals surface area contributed by atoms with E-state index in [-0.39, 0.29) is 12.0 Å². The SMILES string of the molecule is O=C(CC1CC1)C[C@@H]1[C@H]2Oc3ccc(Oc4ccnc5c4CCC(=O)N5)cc3[C@@H]12. The van der Waals surface area contributed by atoms with Crippen LogP contribution in [0.4, 0.5) is 5.82 Å². The largest absolute Gasteiger partial charge is 0.489 e. The molecule has 0 bridgehead atoms. The molecule has 0 radical (unpaired) electrons. The van der Waals surface area contributed by atoms with Gasteiger partial charge in [-0.2, -0.15) is 0 Å². The summed E-state index contributed by atoms with van der Waals surface area (Å²) >= 11 is 0. The molecule has 2 aliphatic heterocycles. The van der Waals surface area contributed by atoms with Gasteiger partial charge in [-0.1, -0.05) is 0 Å². The molecule has 6 nitrogen and oxygen atoms in total. The predicted octanol–water partition coefficient (Wildman–Crippen LogP) is 3.99. The van der Waals surface area contributed by atoms with Gasteiger partial charge in [-0.25, -0.2) is 4.98 Å². The number of hydrogen-bond donors (Lipinski definition) is 1. The van der Waals surface area contributed by atoms with E-state index < -0.39 is 0 Å². The Balaban J connectivity index is 1.19. The Bertz CT molecular complexity index is 1030. The number of fused-ring (bicyclic) bond motifs is 4. The van der Waals surface area contributed by atoms with Crippen molar-refractivity contribution in [2.75, 3.05) is 5.32 Å². The third kappa shape index (κ3) is 3.07. The van der Waals surface area contributed by atoms with Crippen molar-refractivity contribution in [1.29, 1.82) is 0 Å². The first-order valence-electron chi connectivity index (χ1n) is 10.4. The van der Waals surface area contributed by atoms with Crippen molar-refractivity contribution in [2.45, 2.75) is 50.5 Å². The first-order chi connectivity index (χ1) is 14.2. The lowest BCUT2D eigenvalue weighted by molar-refractivity contribution is -0.120. The third-order valence-electron chi connectivity index (χ3n) is 6.48. The molecule has 2 aliphatic carbocycles. The summed E-state index contributed by atoms with van der Waals surface area (Å²) in [5.74, 6) is 4.59. The molecule has 1 aromatic heterocycles. The molecule has 1 aromatic carbocycles. The Morgan fingerprint density at radius 2 is 2.10 bits per heavy atom. The fourth-order valence-electron chi connectivity index (χ4n) is 4.73. The minimum atomic E-state index is -0.0149. The summed E-state index contributed by atoms with van der Waals surface area (Å²) in [7, 11) is 0. The van der Waals surface area contributed by atoms with E-state index >= 15 is 0 Å². The van der Waals surface area contributed by atoms with Crippen molar-refractivity contribution in [1.82, 2.24) is 4.98 Å². The number of pyridine rings is 1. The van der Waals surface area contributed by atoms with Crippen LogP contribution in [-0.4, -0.2) is 22.8 Å². The number of benzene rings is 1. The molecule has 2 aromatic rings. The molecule has 3 atom stereocenters. The number of nitrogens with one attached hydrogen (secondary N) is 1. The van der Waals surface area contributed by atoms with Gasteiger partial charge in [-0.05, 0) is 49.4 Å². The first kappa shape index (κ1) is 17.0. The van der Waals surface area contributed by atoms with Crippen LogP contribution < -0.4 is 14.8 Å². The van der Waals surface area contributed by atoms with Gasteiger partial charge in [-0.3, -0.25) is 9.59 Å². The lowest BCUT2D eigenvalue weighted by atomic mass is 10.0. The van der Waals surface area contributed by atoms with Gasteiger partial charge in [0.2, 0.25) is 5.91 Å². The van der Waals surface area contributed by atoms with Crippen LogP contribution >= 0.6 is 0 Å². The summed E-state index contributed by atoms with van der Waals surface area (Å²) in [5, 5.41) is 2.80. The highest BCUT2D eigenvalue weighted by Gasteiger charge is 2.59. The number of rotatable bonds is 6. The zero-order valence-corrected chi connectivity index (χ0v) is 16.0. The average Bonchev–Trinajstić information content (AvgIpc) is 3.60. The van der Waals surface area contributed by atoms with Crippen molar-refractivity contribution in [2.24, 2.45) is 11.8 Å². The Kier molecular flexibility index (Phi) is 3.70. The molecule has 0 spiro atoms. The Morgan fingerprint density at radius 3 is 2.97 bits per heavy atom. The molecule has 3 heterocycles. The van der Waals surface area contributed by atoms with Gasteiger partial charge in [0.15, 0.2) is 0 Å². The van der Waals surface area contributed by atoms with E-state index in [1.165, 1.54) is 12.8 Å². The highest BCUT2D eigenvalue weighted by Crippen LogP contribution is 2.60. The van der Waals surface area contributed by atoms with Gasteiger partial charge in [0.25, 0.3) is 0 Å². The van der Waals surface area contributed by atoms with Crippen molar-refractivity contribution >= 4 is 17.5 Å². The monoisotopic (exact) mass is 390 g/mol. The highest BCUT2D eigenvalue weighted by molar-refractivity contribution is 5.93. The minimum Gasteiger partial charge on any atom is -0.489 e. The molecule has 2 saturated carbocycles. The smallest absolute Gasteiger partial charge is 0.225 e. The fourth-order valence-corrected chi connectivity index (χ4v) is 4.73. The molecule has 29 heavy (non-hydrogen) atoms. The van der Waals surface area contributed by atoms with Crippen LogP contribution in [0.3, 0.4) is 0 Å². The van der Waals surface area contributed by atoms with Gasteiger partial charge in [0.05, 0.1) is 0 Å². The summed E-state index contributed by atoms with van der Waals surface area (Å²) in [6.07, 6.45) is 6.66. The molecule has 0 unspecified atom stereocenters. The van der Waals surface area contributed by atoms with Crippen molar-refractivity contribution < 1.29 is 19.1 Å². The summed E-state index contributed by atoms with van der Waals surface area (Å²) < 4.78 is 12.2.